The van der Waals surface area contributed by atoms with Crippen LogP contribution < -0.4 is 10.1 Å². The number of rotatable bonds is 8. The van der Waals surface area contributed by atoms with Crippen molar-refractivity contribution in [2.75, 3.05) is 11.9 Å². The number of hydrogen-bond donors (Lipinski definition) is 1. The number of carbonyl (C=O) groups is 1. The maximum Gasteiger partial charge on any atom is 0.226 e. The van der Waals surface area contributed by atoms with Gasteiger partial charge in [-0.25, -0.2) is 4.98 Å². The highest BCUT2D eigenvalue weighted by molar-refractivity contribution is 9.10. The maximum atomic E-state index is 12.3. The Morgan fingerprint density at radius 1 is 1.17 bits per heavy atom. The minimum absolute atomic E-state index is 0.0433. The van der Waals surface area contributed by atoms with Crippen molar-refractivity contribution in [3.05, 3.63) is 62.9 Å². The fourth-order valence-corrected chi connectivity index (χ4v) is 4.30. The van der Waals surface area contributed by atoms with Gasteiger partial charge in [-0.05, 0) is 60.3 Å². The van der Waals surface area contributed by atoms with E-state index in [1.807, 2.05) is 13.0 Å². The van der Waals surface area contributed by atoms with Crippen molar-refractivity contribution in [1.29, 1.82) is 0 Å². The lowest BCUT2D eigenvalue weighted by Gasteiger charge is -2.09. The molecule has 29 heavy (non-hydrogen) atoms. The molecule has 3 aromatic rings. The Hall–Kier alpha value is -2.18. The third-order valence-corrected chi connectivity index (χ3v) is 6.08. The van der Waals surface area contributed by atoms with E-state index < -0.39 is 0 Å². The van der Waals surface area contributed by atoms with E-state index in [0.717, 1.165) is 32.8 Å². The molecular weight excluding hydrogens is 448 g/mol. The molecule has 0 fully saturated rings. The standard InChI is InChI=1S/C23H25BrN2O2S/c1-4-17-9-12-20(19(24)14-17)28-13-5-6-21(27)25-23-26-22(16(3)29-23)18-10-7-15(2)8-11-18/h7-12,14H,4-6,13H2,1-3H3,(H,25,26,27). The number of amides is 1. The Bertz CT molecular complexity index is 983. The summed E-state index contributed by atoms with van der Waals surface area (Å²) in [7, 11) is 0. The molecule has 0 radical (unpaired) electrons. The van der Waals surface area contributed by atoms with Gasteiger partial charge in [0.05, 0.1) is 16.8 Å². The lowest BCUT2D eigenvalue weighted by atomic mass is 10.1. The van der Waals surface area contributed by atoms with Crippen LogP contribution in [0.25, 0.3) is 11.3 Å². The van der Waals surface area contributed by atoms with Crippen LogP contribution in [0.4, 0.5) is 5.13 Å². The number of aryl methyl sites for hydroxylation is 3. The molecule has 1 heterocycles. The lowest BCUT2D eigenvalue weighted by Crippen LogP contribution is -2.12. The first-order valence-corrected chi connectivity index (χ1v) is 11.3. The number of halogens is 1. The highest BCUT2D eigenvalue weighted by atomic mass is 79.9. The number of carbonyl (C=O) groups excluding carboxylic acids is 1. The molecule has 1 N–H and O–H groups in total. The second-order valence-electron chi connectivity index (χ2n) is 6.91. The highest BCUT2D eigenvalue weighted by Gasteiger charge is 2.12. The van der Waals surface area contributed by atoms with Crippen LogP contribution in [0, 0.1) is 13.8 Å². The van der Waals surface area contributed by atoms with Crippen LogP contribution in [0.2, 0.25) is 0 Å². The van der Waals surface area contributed by atoms with Crippen molar-refractivity contribution in [2.45, 2.75) is 40.0 Å². The molecule has 0 bridgehead atoms. The number of thiazole rings is 1. The Morgan fingerprint density at radius 3 is 2.62 bits per heavy atom. The van der Waals surface area contributed by atoms with Gasteiger partial charge in [-0.1, -0.05) is 42.8 Å². The van der Waals surface area contributed by atoms with Gasteiger partial charge in [0.2, 0.25) is 5.91 Å². The lowest BCUT2D eigenvalue weighted by molar-refractivity contribution is -0.116. The van der Waals surface area contributed by atoms with Crippen molar-refractivity contribution in [1.82, 2.24) is 4.98 Å². The van der Waals surface area contributed by atoms with Crippen molar-refractivity contribution in [2.24, 2.45) is 0 Å². The molecule has 0 aliphatic heterocycles. The first kappa shape index (κ1) is 21.5. The molecule has 2 aromatic carbocycles. The molecular formula is C23H25BrN2O2S. The number of hydrogen-bond acceptors (Lipinski definition) is 4. The predicted molar refractivity (Wildman–Crippen MR) is 124 cm³/mol. The third kappa shape index (κ3) is 5.90. The third-order valence-electron chi connectivity index (χ3n) is 4.58. The van der Waals surface area contributed by atoms with Gasteiger partial charge >= 0.3 is 0 Å². The van der Waals surface area contributed by atoms with Gasteiger partial charge in [0, 0.05) is 16.9 Å². The molecule has 0 unspecified atom stereocenters. The minimum Gasteiger partial charge on any atom is -0.492 e. The van der Waals surface area contributed by atoms with E-state index >= 15 is 0 Å². The second-order valence-corrected chi connectivity index (χ2v) is 8.97. The van der Waals surface area contributed by atoms with Crippen LogP contribution >= 0.6 is 27.3 Å². The van der Waals surface area contributed by atoms with E-state index in [2.05, 4.69) is 76.5 Å². The van der Waals surface area contributed by atoms with E-state index in [4.69, 9.17) is 4.74 Å². The van der Waals surface area contributed by atoms with Gasteiger partial charge in [-0.3, -0.25) is 4.79 Å². The summed E-state index contributed by atoms with van der Waals surface area (Å²) in [6.45, 7) is 6.70. The number of ether oxygens (including phenoxy) is 1. The first-order valence-electron chi connectivity index (χ1n) is 9.71. The normalized spacial score (nSPS) is 10.8. The number of anilines is 1. The summed E-state index contributed by atoms with van der Waals surface area (Å²) in [6, 6.07) is 14.4. The zero-order valence-corrected chi connectivity index (χ0v) is 19.3. The van der Waals surface area contributed by atoms with Gasteiger partial charge in [0.25, 0.3) is 0 Å². The van der Waals surface area contributed by atoms with E-state index in [1.54, 1.807) is 0 Å². The van der Waals surface area contributed by atoms with Crippen molar-refractivity contribution < 1.29 is 9.53 Å². The summed E-state index contributed by atoms with van der Waals surface area (Å²) in [5, 5.41) is 3.55. The molecule has 6 heteroatoms. The summed E-state index contributed by atoms with van der Waals surface area (Å²) < 4.78 is 6.74. The quantitative estimate of drug-likeness (QED) is 0.378. The van der Waals surface area contributed by atoms with E-state index in [1.165, 1.54) is 22.5 Å². The summed E-state index contributed by atoms with van der Waals surface area (Å²) in [6.07, 6.45) is 2.02. The zero-order valence-electron chi connectivity index (χ0n) is 16.9. The second kappa shape index (κ2) is 10.0. The summed E-state index contributed by atoms with van der Waals surface area (Å²) in [4.78, 5) is 18.0. The molecule has 0 saturated carbocycles. The number of nitrogens with zero attached hydrogens (tertiary/aromatic N) is 1. The van der Waals surface area contributed by atoms with Gasteiger partial charge in [0.1, 0.15) is 5.75 Å². The Balaban J connectivity index is 1.49. The average molecular weight is 473 g/mol. The van der Waals surface area contributed by atoms with Crippen LogP contribution in [-0.4, -0.2) is 17.5 Å². The fourth-order valence-electron chi connectivity index (χ4n) is 2.91. The SMILES string of the molecule is CCc1ccc(OCCCC(=O)Nc2nc(-c3ccc(C)cc3)c(C)s2)c(Br)c1. The summed E-state index contributed by atoms with van der Waals surface area (Å²) in [5.41, 5.74) is 4.46. The number of aromatic nitrogens is 1. The van der Waals surface area contributed by atoms with Crippen LogP contribution in [0.1, 0.15) is 35.8 Å². The fraction of sp³-hybridized carbons (Fsp3) is 0.304. The Labute approximate surface area is 184 Å². The molecule has 152 valence electrons. The molecule has 1 aromatic heterocycles. The van der Waals surface area contributed by atoms with Gasteiger partial charge in [-0.15, -0.1) is 11.3 Å². The molecule has 3 rings (SSSR count). The van der Waals surface area contributed by atoms with E-state index in [0.29, 0.717) is 24.6 Å². The summed E-state index contributed by atoms with van der Waals surface area (Å²) >= 11 is 5.04. The van der Waals surface area contributed by atoms with E-state index in [-0.39, 0.29) is 5.91 Å². The smallest absolute Gasteiger partial charge is 0.226 e. The van der Waals surface area contributed by atoms with Gasteiger partial charge < -0.3 is 10.1 Å². The van der Waals surface area contributed by atoms with E-state index in [9.17, 15) is 4.79 Å². The van der Waals surface area contributed by atoms with Crippen LogP contribution in [0.3, 0.4) is 0 Å². The molecule has 1 amide bonds. The summed E-state index contributed by atoms with van der Waals surface area (Å²) in [5.74, 6) is 0.763. The predicted octanol–water partition coefficient (Wildman–Crippen LogP) is 6.55. The molecule has 0 saturated heterocycles. The molecule has 0 spiro atoms. The molecule has 4 nitrogen and oxygen atoms in total. The zero-order chi connectivity index (χ0) is 20.8. The highest BCUT2D eigenvalue weighted by Crippen LogP contribution is 2.30. The Morgan fingerprint density at radius 2 is 1.93 bits per heavy atom. The van der Waals surface area contributed by atoms with Crippen molar-refractivity contribution in [3.63, 3.8) is 0 Å². The average Bonchev–Trinajstić information content (AvgIpc) is 3.06. The minimum atomic E-state index is -0.0433. The van der Waals surface area contributed by atoms with Crippen molar-refractivity contribution in [3.8, 4) is 17.0 Å². The molecule has 0 aliphatic rings. The van der Waals surface area contributed by atoms with Crippen LogP contribution in [-0.2, 0) is 11.2 Å². The number of nitrogens with one attached hydrogen (secondary N) is 1. The van der Waals surface area contributed by atoms with Crippen LogP contribution in [0.15, 0.2) is 46.9 Å². The molecule has 0 atom stereocenters. The topological polar surface area (TPSA) is 51.2 Å². The maximum absolute atomic E-state index is 12.3. The Kier molecular flexibility index (Phi) is 7.45. The van der Waals surface area contributed by atoms with Crippen molar-refractivity contribution >= 4 is 38.3 Å². The van der Waals surface area contributed by atoms with Crippen LogP contribution in [0.5, 0.6) is 5.75 Å². The van der Waals surface area contributed by atoms with Gasteiger partial charge in [-0.2, -0.15) is 0 Å². The monoisotopic (exact) mass is 472 g/mol. The number of benzene rings is 2. The van der Waals surface area contributed by atoms with Gasteiger partial charge in [0.15, 0.2) is 5.13 Å². The first-order chi connectivity index (χ1) is 14.0. The molecule has 0 aliphatic carbocycles. The largest absolute Gasteiger partial charge is 0.492 e.